The van der Waals surface area contributed by atoms with E-state index >= 15 is 0 Å². The summed E-state index contributed by atoms with van der Waals surface area (Å²) in [5.41, 5.74) is 2.61. The van der Waals surface area contributed by atoms with Crippen molar-refractivity contribution in [3.63, 3.8) is 0 Å². The number of aryl methyl sites for hydroxylation is 1. The molecule has 0 fully saturated rings. The average molecular weight is 446 g/mol. The Morgan fingerprint density at radius 2 is 1.84 bits per heavy atom. The van der Waals surface area contributed by atoms with Crippen LogP contribution in [0.1, 0.15) is 35.5 Å². The molecule has 0 saturated heterocycles. The Morgan fingerprint density at radius 3 is 2.47 bits per heavy atom. The topological polar surface area (TPSA) is 70.2 Å². The fourth-order valence-corrected chi connectivity index (χ4v) is 2.90. The van der Waals surface area contributed by atoms with Crippen LogP contribution in [0.2, 0.25) is 0 Å². The monoisotopic (exact) mass is 446 g/mol. The van der Waals surface area contributed by atoms with Gasteiger partial charge in [0, 0.05) is 30.6 Å². The van der Waals surface area contributed by atoms with Gasteiger partial charge in [0.1, 0.15) is 19.0 Å². The maximum absolute atomic E-state index is 12.3. The Balaban J connectivity index is 1.75. The van der Waals surface area contributed by atoms with Crippen molar-refractivity contribution in [2.45, 2.75) is 19.4 Å². The first kappa shape index (κ1) is 22.9. The molecule has 32 heavy (non-hydrogen) atoms. The number of ether oxygens (including phenoxy) is 1. The molecule has 0 spiro atoms. The predicted molar refractivity (Wildman–Crippen MR) is 113 cm³/mol. The Kier molecular flexibility index (Phi) is 7.14. The molecule has 1 unspecified atom stereocenters. The van der Waals surface area contributed by atoms with Gasteiger partial charge < -0.3 is 19.0 Å². The molecule has 0 N–H and O–H groups in total. The molecule has 7 nitrogen and oxygen atoms in total. The van der Waals surface area contributed by atoms with E-state index in [9.17, 15) is 13.2 Å². The van der Waals surface area contributed by atoms with Crippen molar-refractivity contribution in [2.24, 2.45) is 17.4 Å². The SMILES string of the molecule is CO/N=C(\c1ccccc1/C=N/OC(C)c1ccc(OC(F)(F)F)cc1)c1nccn1C. The van der Waals surface area contributed by atoms with Gasteiger partial charge in [-0.05, 0) is 24.6 Å². The molecular weight excluding hydrogens is 425 g/mol. The van der Waals surface area contributed by atoms with E-state index in [0.717, 1.165) is 5.56 Å². The fraction of sp³-hybridized carbons (Fsp3) is 0.227. The van der Waals surface area contributed by atoms with Crippen LogP contribution in [0.4, 0.5) is 13.2 Å². The molecule has 3 rings (SSSR count). The number of nitrogens with zero attached hydrogens (tertiary/aromatic N) is 4. The van der Waals surface area contributed by atoms with Gasteiger partial charge in [-0.2, -0.15) is 0 Å². The van der Waals surface area contributed by atoms with E-state index < -0.39 is 12.5 Å². The van der Waals surface area contributed by atoms with Gasteiger partial charge in [-0.25, -0.2) is 4.98 Å². The molecule has 0 bridgehead atoms. The highest BCUT2D eigenvalue weighted by Gasteiger charge is 2.31. The first-order valence-corrected chi connectivity index (χ1v) is 9.51. The van der Waals surface area contributed by atoms with Gasteiger partial charge >= 0.3 is 6.36 Å². The lowest BCUT2D eigenvalue weighted by atomic mass is 10.0. The number of oxime groups is 2. The summed E-state index contributed by atoms with van der Waals surface area (Å²) in [6, 6.07) is 12.8. The van der Waals surface area contributed by atoms with Crippen LogP contribution in [0.3, 0.4) is 0 Å². The van der Waals surface area contributed by atoms with Crippen molar-refractivity contribution < 1.29 is 27.6 Å². The molecule has 1 aromatic heterocycles. The first-order chi connectivity index (χ1) is 15.3. The van der Waals surface area contributed by atoms with Crippen LogP contribution in [0.25, 0.3) is 0 Å². The zero-order valence-electron chi connectivity index (χ0n) is 17.6. The number of imidazole rings is 1. The van der Waals surface area contributed by atoms with Gasteiger partial charge in [0.25, 0.3) is 0 Å². The van der Waals surface area contributed by atoms with Crippen molar-refractivity contribution in [3.05, 3.63) is 83.4 Å². The summed E-state index contributed by atoms with van der Waals surface area (Å²) in [6.07, 6.45) is -0.248. The van der Waals surface area contributed by atoms with Crippen molar-refractivity contribution in [1.82, 2.24) is 9.55 Å². The van der Waals surface area contributed by atoms with Crippen molar-refractivity contribution in [2.75, 3.05) is 7.11 Å². The summed E-state index contributed by atoms with van der Waals surface area (Å²) in [5, 5.41) is 8.17. The van der Waals surface area contributed by atoms with Gasteiger partial charge in [-0.3, -0.25) is 0 Å². The normalized spacial score (nSPS) is 13.2. The van der Waals surface area contributed by atoms with E-state index in [1.165, 1.54) is 37.6 Å². The standard InChI is InChI=1S/C22H21F3N4O3/c1-15(16-8-10-18(11-9-16)31-22(23,24)25)32-27-14-17-6-4-5-7-19(17)20(28-30-3)21-26-12-13-29(21)2/h4-15H,1-3H3/b27-14+,28-20+. The number of halogens is 3. The first-order valence-electron chi connectivity index (χ1n) is 9.51. The van der Waals surface area contributed by atoms with Crippen molar-refractivity contribution in [1.29, 1.82) is 0 Å². The molecule has 0 aliphatic heterocycles. The second-order valence-electron chi connectivity index (χ2n) is 6.67. The van der Waals surface area contributed by atoms with Crippen LogP contribution < -0.4 is 4.74 Å². The molecule has 2 aromatic carbocycles. The number of benzene rings is 2. The van der Waals surface area contributed by atoms with Crippen LogP contribution in [-0.2, 0) is 16.7 Å². The van der Waals surface area contributed by atoms with E-state index in [0.29, 0.717) is 22.7 Å². The summed E-state index contributed by atoms with van der Waals surface area (Å²) >= 11 is 0. The highest BCUT2D eigenvalue weighted by Crippen LogP contribution is 2.25. The van der Waals surface area contributed by atoms with Gasteiger partial charge in [0.2, 0.25) is 0 Å². The Hall–Kier alpha value is -3.82. The maximum atomic E-state index is 12.3. The Labute approximate surface area is 182 Å². The van der Waals surface area contributed by atoms with Crippen LogP contribution >= 0.6 is 0 Å². The highest BCUT2D eigenvalue weighted by atomic mass is 19.4. The van der Waals surface area contributed by atoms with Crippen molar-refractivity contribution in [3.8, 4) is 5.75 Å². The third-order valence-electron chi connectivity index (χ3n) is 4.43. The average Bonchev–Trinajstić information content (AvgIpc) is 3.17. The molecule has 0 aliphatic carbocycles. The molecule has 0 saturated carbocycles. The van der Waals surface area contributed by atoms with E-state index in [-0.39, 0.29) is 5.75 Å². The number of hydrogen-bond donors (Lipinski definition) is 0. The number of aromatic nitrogens is 2. The minimum absolute atomic E-state index is 0.301. The van der Waals surface area contributed by atoms with Gasteiger partial charge in [-0.15, -0.1) is 13.2 Å². The maximum Gasteiger partial charge on any atom is 0.573 e. The molecule has 1 atom stereocenters. The third-order valence-corrected chi connectivity index (χ3v) is 4.43. The number of hydrogen-bond acceptors (Lipinski definition) is 6. The van der Waals surface area contributed by atoms with Crippen LogP contribution in [0, 0.1) is 0 Å². The summed E-state index contributed by atoms with van der Waals surface area (Å²) in [7, 11) is 3.30. The molecular formula is C22H21F3N4O3. The second kappa shape index (κ2) is 9.99. The summed E-state index contributed by atoms with van der Waals surface area (Å²) in [6.45, 7) is 1.73. The van der Waals surface area contributed by atoms with Crippen LogP contribution in [0.5, 0.6) is 5.75 Å². The lowest BCUT2D eigenvalue weighted by molar-refractivity contribution is -0.274. The Bertz CT molecular complexity index is 1090. The van der Waals surface area contributed by atoms with Crippen LogP contribution in [-0.4, -0.2) is 34.9 Å². The minimum Gasteiger partial charge on any atom is -0.406 e. The summed E-state index contributed by atoms with van der Waals surface area (Å²) in [4.78, 5) is 14.8. The van der Waals surface area contributed by atoms with E-state index in [1.54, 1.807) is 19.3 Å². The van der Waals surface area contributed by atoms with Crippen molar-refractivity contribution >= 4 is 11.9 Å². The summed E-state index contributed by atoms with van der Waals surface area (Å²) < 4.78 is 42.6. The largest absolute Gasteiger partial charge is 0.573 e. The van der Waals surface area contributed by atoms with Gasteiger partial charge in [0.05, 0.1) is 6.21 Å². The lowest BCUT2D eigenvalue weighted by Crippen LogP contribution is -2.17. The van der Waals surface area contributed by atoms with Gasteiger partial charge in [-0.1, -0.05) is 46.7 Å². The predicted octanol–water partition coefficient (Wildman–Crippen LogP) is 4.83. The molecule has 168 valence electrons. The van der Waals surface area contributed by atoms with Crippen LogP contribution in [0.15, 0.2) is 71.2 Å². The van der Waals surface area contributed by atoms with E-state index in [4.69, 9.17) is 9.68 Å². The Morgan fingerprint density at radius 1 is 1.12 bits per heavy atom. The van der Waals surface area contributed by atoms with E-state index in [1.807, 2.05) is 35.9 Å². The number of alkyl halides is 3. The molecule has 3 aromatic rings. The molecule has 10 heteroatoms. The number of rotatable bonds is 8. The second-order valence-corrected chi connectivity index (χ2v) is 6.67. The van der Waals surface area contributed by atoms with E-state index in [2.05, 4.69) is 20.0 Å². The lowest BCUT2D eigenvalue weighted by Gasteiger charge is -2.12. The summed E-state index contributed by atoms with van der Waals surface area (Å²) in [5.74, 6) is 0.313. The highest BCUT2D eigenvalue weighted by molar-refractivity contribution is 6.14. The fourth-order valence-electron chi connectivity index (χ4n) is 2.90. The molecule has 0 aliphatic rings. The molecule has 1 heterocycles. The quantitative estimate of drug-likeness (QED) is 0.367. The smallest absolute Gasteiger partial charge is 0.406 e. The minimum atomic E-state index is -4.73. The molecule has 0 radical (unpaired) electrons. The zero-order valence-corrected chi connectivity index (χ0v) is 17.6. The molecule has 0 amide bonds. The zero-order chi connectivity index (χ0) is 23.1. The van der Waals surface area contributed by atoms with Gasteiger partial charge in [0.15, 0.2) is 11.5 Å². The third kappa shape index (κ3) is 5.87.